The second-order valence-electron chi connectivity index (χ2n) is 5.85. The Morgan fingerprint density at radius 1 is 1.19 bits per heavy atom. The van der Waals surface area contributed by atoms with Crippen LogP contribution in [0.4, 0.5) is 0 Å². The lowest BCUT2D eigenvalue weighted by Crippen LogP contribution is -2.58. The van der Waals surface area contributed by atoms with Gasteiger partial charge in [0.05, 0.1) is 13.2 Å². The van der Waals surface area contributed by atoms with Crippen LogP contribution >= 0.6 is 0 Å². The maximum absolute atomic E-state index is 5.59. The van der Waals surface area contributed by atoms with E-state index >= 15 is 0 Å². The van der Waals surface area contributed by atoms with Crippen LogP contribution in [0.15, 0.2) is 0 Å². The molecule has 1 saturated carbocycles. The predicted molar refractivity (Wildman–Crippen MR) is 66.7 cm³/mol. The number of nitrogens with one attached hydrogen (secondary N) is 1. The summed E-state index contributed by atoms with van der Waals surface area (Å²) >= 11 is 0. The Labute approximate surface area is 99.5 Å². The van der Waals surface area contributed by atoms with E-state index in [-0.39, 0.29) is 5.54 Å². The molecule has 94 valence electrons. The van der Waals surface area contributed by atoms with E-state index in [0.29, 0.717) is 0 Å². The Bertz CT molecular complexity index is 222. The predicted octanol–water partition coefficient (Wildman–Crippen LogP) is 1.63. The molecule has 0 aromatic heterocycles. The molecule has 0 aromatic rings. The SMILES string of the molecule is CNC1CCC(N2CCOCC2(C)C)CC1. The maximum atomic E-state index is 5.59. The Balaban J connectivity index is 1.92. The van der Waals surface area contributed by atoms with E-state index in [9.17, 15) is 0 Å². The van der Waals surface area contributed by atoms with Crippen molar-refractivity contribution in [2.75, 3.05) is 26.8 Å². The number of rotatable bonds is 2. The van der Waals surface area contributed by atoms with E-state index in [1.165, 1.54) is 25.7 Å². The number of hydrogen-bond acceptors (Lipinski definition) is 3. The summed E-state index contributed by atoms with van der Waals surface area (Å²) < 4.78 is 5.59. The summed E-state index contributed by atoms with van der Waals surface area (Å²) in [6, 6.07) is 1.53. The zero-order chi connectivity index (χ0) is 11.6. The van der Waals surface area contributed by atoms with Gasteiger partial charge in [0.25, 0.3) is 0 Å². The fourth-order valence-electron chi connectivity index (χ4n) is 3.22. The van der Waals surface area contributed by atoms with Crippen molar-refractivity contribution in [3.8, 4) is 0 Å². The smallest absolute Gasteiger partial charge is 0.0645 e. The molecule has 1 saturated heterocycles. The van der Waals surface area contributed by atoms with Crippen LogP contribution in [0.1, 0.15) is 39.5 Å². The minimum absolute atomic E-state index is 0.232. The summed E-state index contributed by atoms with van der Waals surface area (Å²) in [6.45, 7) is 7.54. The lowest BCUT2D eigenvalue weighted by atomic mass is 9.87. The van der Waals surface area contributed by atoms with E-state index in [2.05, 4.69) is 31.1 Å². The van der Waals surface area contributed by atoms with Crippen molar-refractivity contribution in [2.24, 2.45) is 0 Å². The Kier molecular flexibility index (Phi) is 3.88. The summed E-state index contributed by atoms with van der Waals surface area (Å²) in [5, 5.41) is 3.40. The highest BCUT2D eigenvalue weighted by Gasteiger charge is 2.36. The molecule has 1 aliphatic carbocycles. The zero-order valence-corrected chi connectivity index (χ0v) is 11.0. The molecule has 0 atom stereocenters. The monoisotopic (exact) mass is 226 g/mol. The largest absolute Gasteiger partial charge is 0.378 e. The fraction of sp³-hybridized carbons (Fsp3) is 1.00. The van der Waals surface area contributed by atoms with Gasteiger partial charge in [-0.25, -0.2) is 0 Å². The Hall–Kier alpha value is -0.120. The lowest BCUT2D eigenvalue weighted by Gasteiger charge is -2.48. The molecule has 16 heavy (non-hydrogen) atoms. The van der Waals surface area contributed by atoms with Gasteiger partial charge >= 0.3 is 0 Å². The third-order valence-corrected chi connectivity index (χ3v) is 4.26. The Morgan fingerprint density at radius 2 is 1.88 bits per heavy atom. The van der Waals surface area contributed by atoms with Crippen LogP contribution in [0.2, 0.25) is 0 Å². The van der Waals surface area contributed by atoms with Crippen molar-refractivity contribution in [3.63, 3.8) is 0 Å². The van der Waals surface area contributed by atoms with Gasteiger partial charge in [-0.1, -0.05) is 0 Å². The molecule has 0 amide bonds. The summed E-state index contributed by atoms with van der Waals surface area (Å²) in [5.74, 6) is 0. The quantitative estimate of drug-likeness (QED) is 0.774. The minimum atomic E-state index is 0.232. The third-order valence-electron chi connectivity index (χ3n) is 4.26. The van der Waals surface area contributed by atoms with Gasteiger partial charge in [-0.15, -0.1) is 0 Å². The average molecular weight is 226 g/mol. The van der Waals surface area contributed by atoms with Crippen LogP contribution < -0.4 is 5.32 Å². The molecule has 2 rings (SSSR count). The second kappa shape index (κ2) is 5.03. The van der Waals surface area contributed by atoms with Crippen molar-refractivity contribution in [2.45, 2.75) is 57.2 Å². The van der Waals surface area contributed by atoms with Gasteiger partial charge in [-0.2, -0.15) is 0 Å². The van der Waals surface area contributed by atoms with Crippen molar-refractivity contribution >= 4 is 0 Å². The van der Waals surface area contributed by atoms with Crippen LogP contribution in [-0.4, -0.2) is 49.3 Å². The number of nitrogens with zero attached hydrogens (tertiary/aromatic N) is 1. The van der Waals surface area contributed by atoms with Crippen molar-refractivity contribution in [3.05, 3.63) is 0 Å². The molecule has 2 fully saturated rings. The van der Waals surface area contributed by atoms with Crippen molar-refractivity contribution < 1.29 is 4.74 Å². The second-order valence-corrected chi connectivity index (χ2v) is 5.85. The normalized spacial score (nSPS) is 36.2. The first-order valence-corrected chi connectivity index (χ1v) is 6.65. The van der Waals surface area contributed by atoms with Gasteiger partial charge in [0.2, 0.25) is 0 Å². The van der Waals surface area contributed by atoms with Crippen LogP contribution in [0.5, 0.6) is 0 Å². The van der Waals surface area contributed by atoms with Gasteiger partial charge in [0.15, 0.2) is 0 Å². The molecule has 0 unspecified atom stereocenters. The first-order chi connectivity index (χ1) is 7.63. The van der Waals surface area contributed by atoms with E-state index in [1.54, 1.807) is 0 Å². The molecule has 2 aliphatic rings. The van der Waals surface area contributed by atoms with Crippen LogP contribution in [0.3, 0.4) is 0 Å². The summed E-state index contributed by atoms with van der Waals surface area (Å²) in [6.07, 6.45) is 5.34. The standard InChI is InChI=1S/C13H26N2O/c1-13(2)10-16-9-8-15(13)12-6-4-11(14-3)5-7-12/h11-12,14H,4-10H2,1-3H3. The highest BCUT2D eigenvalue weighted by molar-refractivity contribution is 4.92. The first kappa shape index (κ1) is 12.3. The van der Waals surface area contributed by atoms with E-state index in [1.807, 2.05) is 0 Å². The van der Waals surface area contributed by atoms with Crippen molar-refractivity contribution in [1.29, 1.82) is 0 Å². The molecule has 1 heterocycles. The molecule has 1 N–H and O–H groups in total. The highest BCUT2D eigenvalue weighted by Crippen LogP contribution is 2.30. The Morgan fingerprint density at radius 3 is 2.44 bits per heavy atom. The first-order valence-electron chi connectivity index (χ1n) is 6.65. The molecule has 3 nitrogen and oxygen atoms in total. The van der Waals surface area contributed by atoms with Crippen molar-refractivity contribution in [1.82, 2.24) is 10.2 Å². The van der Waals surface area contributed by atoms with Gasteiger partial charge in [0, 0.05) is 24.2 Å². The average Bonchev–Trinajstić information content (AvgIpc) is 2.29. The lowest BCUT2D eigenvalue weighted by molar-refractivity contribution is -0.0790. The molecule has 0 aromatic carbocycles. The molecule has 1 aliphatic heterocycles. The molecule has 0 radical (unpaired) electrons. The van der Waals surface area contributed by atoms with E-state index < -0.39 is 0 Å². The van der Waals surface area contributed by atoms with Crippen LogP contribution in [-0.2, 0) is 4.74 Å². The topological polar surface area (TPSA) is 24.5 Å². The van der Waals surface area contributed by atoms with Gasteiger partial charge < -0.3 is 10.1 Å². The summed E-state index contributed by atoms with van der Waals surface area (Å²) in [5.41, 5.74) is 0.232. The van der Waals surface area contributed by atoms with Crippen LogP contribution in [0, 0.1) is 0 Å². The molecular formula is C13H26N2O. The summed E-state index contributed by atoms with van der Waals surface area (Å²) in [4.78, 5) is 2.68. The fourth-order valence-corrected chi connectivity index (χ4v) is 3.22. The molecule has 0 bridgehead atoms. The number of ether oxygens (including phenoxy) is 1. The molecular weight excluding hydrogens is 200 g/mol. The van der Waals surface area contributed by atoms with Gasteiger partial charge in [0.1, 0.15) is 0 Å². The number of hydrogen-bond donors (Lipinski definition) is 1. The molecule has 0 spiro atoms. The van der Waals surface area contributed by atoms with E-state index in [4.69, 9.17) is 4.74 Å². The van der Waals surface area contributed by atoms with E-state index in [0.717, 1.165) is 31.8 Å². The highest BCUT2D eigenvalue weighted by atomic mass is 16.5. The third kappa shape index (κ3) is 2.58. The molecule has 3 heteroatoms. The number of morpholine rings is 1. The summed E-state index contributed by atoms with van der Waals surface area (Å²) in [7, 11) is 2.09. The van der Waals surface area contributed by atoms with Crippen LogP contribution in [0.25, 0.3) is 0 Å². The zero-order valence-electron chi connectivity index (χ0n) is 11.0. The minimum Gasteiger partial charge on any atom is -0.378 e. The van der Waals surface area contributed by atoms with Gasteiger partial charge in [-0.05, 0) is 46.6 Å². The maximum Gasteiger partial charge on any atom is 0.0645 e. The van der Waals surface area contributed by atoms with Gasteiger partial charge in [-0.3, -0.25) is 4.90 Å².